The molecule has 2 amide bonds. The van der Waals surface area contributed by atoms with Gasteiger partial charge >= 0.3 is 39.5 Å². The van der Waals surface area contributed by atoms with Gasteiger partial charge in [0.1, 0.15) is 48.7 Å². The van der Waals surface area contributed by atoms with E-state index in [-0.39, 0.29) is 38.5 Å². The van der Waals surface area contributed by atoms with Crippen LogP contribution in [0.25, 0.3) is 0 Å². The predicted octanol–water partition coefficient (Wildman–Crippen LogP) is 21.2. The zero-order valence-corrected chi connectivity index (χ0v) is 80.5. The smallest absolute Gasteiger partial charge is 0.462 e. The summed E-state index contributed by atoms with van der Waals surface area (Å²) in [6, 6.07) is -3.87. The van der Waals surface area contributed by atoms with E-state index < -0.39 is 176 Å². The Morgan fingerprint density at radius 3 is 1.06 bits per heavy atom. The van der Waals surface area contributed by atoms with Gasteiger partial charge in [-0.1, -0.05) is 362 Å². The second-order valence-corrected chi connectivity index (χ2v) is 38.3. The van der Waals surface area contributed by atoms with E-state index in [2.05, 4.69) is 64.3 Å². The number of esters is 4. The van der Waals surface area contributed by atoms with Crippen molar-refractivity contribution >= 4 is 51.3 Å². The first-order valence-electron chi connectivity index (χ1n) is 50.4. The van der Waals surface area contributed by atoms with Gasteiger partial charge in [0.05, 0.1) is 51.1 Å². The van der Waals surface area contributed by atoms with Crippen LogP contribution in [-0.4, -0.2) is 175 Å². The van der Waals surface area contributed by atoms with Crippen LogP contribution < -0.4 is 10.6 Å². The number of unbranched alkanes of at least 4 members (excludes halogenated alkanes) is 49. The molecular weight excluding hydrogens is 1640 g/mol. The number of phosphoric acid groups is 2. The third-order valence-electron chi connectivity index (χ3n) is 24.0. The van der Waals surface area contributed by atoms with Gasteiger partial charge < -0.3 is 83.8 Å². The number of aliphatic hydroxyl groups is 4. The molecule has 2 saturated heterocycles. The van der Waals surface area contributed by atoms with Crippen LogP contribution in [-0.2, 0) is 80.1 Å². The fourth-order valence-corrected chi connectivity index (χ4v) is 17.7. The van der Waals surface area contributed by atoms with E-state index in [1.807, 2.05) is 0 Å². The van der Waals surface area contributed by atoms with Crippen LogP contribution in [0.1, 0.15) is 465 Å². The molecule has 2 heterocycles. The van der Waals surface area contributed by atoms with Crippen molar-refractivity contribution in [3.05, 3.63) is 12.2 Å². The third kappa shape index (κ3) is 63.3. The molecule has 29 heteroatoms. The van der Waals surface area contributed by atoms with Gasteiger partial charge in [-0.3, -0.25) is 37.8 Å². The molecule has 2 rings (SSSR count). The van der Waals surface area contributed by atoms with E-state index in [1.165, 1.54) is 57.8 Å². The maximum absolute atomic E-state index is 15.2. The SMILES string of the molecule is CCCCCC/C=C\CCCCCCCC(=O)OC(CCCCCCCCCCC)CC(=O)NC1[C@H](OCC2OC(OP(=O)(O)O)C(NC(=O)CC(O)CCCCCCCCCCC)[C@@H](OC(=O)CC(O)CCCCCCCCCCC)[C@@H]2O)OC(CO)[C@@H](OP(=O)(O)O)[C@@H]1OC(=O)CC(CCCCCCCCCCC)OC(=O)CCCCCCCCCCC. The molecule has 0 bridgehead atoms. The number of hydrogen-bond donors (Lipinski definition) is 10. The first-order valence-corrected chi connectivity index (χ1v) is 53.4. The van der Waals surface area contributed by atoms with Crippen molar-refractivity contribution in [1.82, 2.24) is 10.6 Å². The van der Waals surface area contributed by atoms with Crippen LogP contribution in [0, 0.1) is 0 Å². The van der Waals surface area contributed by atoms with Gasteiger partial charge in [0, 0.05) is 12.8 Å². The normalized spacial score (nSPS) is 20.3. The lowest BCUT2D eigenvalue weighted by Crippen LogP contribution is -2.68. The second kappa shape index (κ2) is 77.0. The van der Waals surface area contributed by atoms with Crippen LogP contribution in [0.4, 0.5) is 0 Å². The van der Waals surface area contributed by atoms with E-state index in [0.717, 1.165) is 263 Å². The minimum atomic E-state index is -5.69. The lowest BCUT2D eigenvalue weighted by atomic mass is 9.95. The molecule has 0 aromatic rings. The summed E-state index contributed by atoms with van der Waals surface area (Å²) in [6.45, 7) is 10.9. The lowest BCUT2D eigenvalue weighted by Gasteiger charge is -2.47. The summed E-state index contributed by atoms with van der Waals surface area (Å²) in [5.41, 5.74) is 0. The maximum atomic E-state index is 15.2. The molecule has 27 nitrogen and oxygen atoms in total. The zero-order chi connectivity index (χ0) is 91.8. The molecule has 0 aliphatic carbocycles. The van der Waals surface area contributed by atoms with Crippen molar-refractivity contribution in [3.63, 3.8) is 0 Å². The van der Waals surface area contributed by atoms with Gasteiger partial charge in [-0.05, 0) is 77.0 Å². The van der Waals surface area contributed by atoms with Crippen LogP contribution in [0.15, 0.2) is 12.2 Å². The molecule has 734 valence electrons. The summed E-state index contributed by atoms with van der Waals surface area (Å²) in [5.74, 6) is -5.06. The topological polar surface area (TPSA) is 406 Å². The minimum Gasteiger partial charge on any atom is -0.462 e. The van der Waals surface area contributed by atoms with Crippen molar-refractivity contribution < 1.29 is 120 Å². The van der Waals surface area contributed by atoms with Crippen molar-refractivity contribution in [2.24, 2.45) is 0 Å². The highest BCUT2D eigenvalue weighted by atomic mass is 31.2. The lowest BCUT2D eigenvalue weighted by molar-refractivity contribution is -0.297. The summed E-state index contributed by atoms with van der Waals surface area (Å²) in [6.07, 6.45) is 37.8. The molecule has 2 aliphatic rings. The van der Waals surface area contributed by atoms with Crippen LogP contribution in [0.5, 0.6) is 0 Å². The van der Waals surface area contributed by atoms with E-state index in [1.54, 1.807) is 0 Å². The Morgan fingerprint density at radius 1 is 0.352 bits per heavy atom. The van der Waals surface area contributed by atoms with Crippen LogP contribution >= 0.6 is 15.6 Å². The van der Waals surface area contributed by atoms with Crippen LogP contribution in [0.2, 0.25) is 0 Å². The zero-order valence-electron chi connectivity index (χ0n) is 78.7. The number of carbonyl (C=O) groups is 6. The molecule has 9 unspecified atom stereocenters. The Kier molecular flexibility index (Phi) is 72.4. The quantitative estimate of drug-likeness (QED) is 0.00889. The molecular formula is C96H180N2O25P2. The third-order valence-corrected chi connectivity index (χ3v) is 25.0. The monoisotopic (exact) mass is 1820 g/mol. The number of aliphatic hydroxyl groups excluding tert-OH is 4. The molecule has 0 aromatic heterocycles. The highest BCUT2D eigenvalue weighted by Gasteiger charge is 2.55. The number of hydrogen-bond acceptors (Lipinski definition) is 21. The minimum absolute atomic E-state index is 0.0722. The van der Waals surface area contributed by atoms with Gasteiger partial charge in [0.2, 0.25) is 11.8 Å². The highest BCUT2D eigenvalue weighted by molar-refractivity contribution is 7.46. The second-order valence-electron chi connectivity index (χ2n) is 35.9. The molecule has 125 heavy (non-hydrogen) atoms. The number of allylic oxidation sites excluding steroid dienone is 2. The Bertz CT molecular complexity index is 2800. The fraction of sp³-hybridized carbons (Fsp3) is 0.917. The summed E-state index contributed by atoms with van der Waals surface area (Å²) >= 11 is 0. The number of rotatable bonds is 85. The maximum Gasteiger partial charge on any atom is 0.472 e. The first-order chi connectivity index (χ1) is 60.3. The van der Waals surface area contributed by atoms with Crippen molar-refractivity contribution in [2.75, 3.05) is 13.2 Å². The molecule has 0 aromatic carbocycles. The predicted molar refractivity (Wildman–Crippen MR) is 490 cm³/mol. The fourth-order valence-electron chi connectivity index (χ4n) is 16.6. The number of amides is 2. The van der Waals surface area contributed by atoms with Crippen molar-refractivity contribution in [1.29, 1.82) is 0 Å². The van der Waals surface area contributed by atoms with Gasteiger partial charge in [-0.25, -0.2) is 9.13 Å². The highest BCUT2D eigenvalue weighted by Crippen LogP contribution is 2.44. The number of phosphoric ester groups is 2. The Hall–Kier alpha value is -3.50. The summed E-state index contributed by atoms with van der Waals surface area (Å²) in [5, 5.41) is 51.5. The van der Waals surface area contributed by atoms with E-state index in [4.69, 9.17) is 42.2 Å². The van der Waals surface area contributed by atoms with E-state index >= 15 is 9.59 Å². The Balaban J connectivity index is 2.84. The molecule has 0 saturated carbocycles. The summed E-state index contributed by atoms with van der Waals surface area (Å²) in [7, 11) is -11.4. The van der Waals surface area contributed by atoms with Gasteiger partial charge in [-0.2, -0.15) is 0 Å². The Morgan fingerprint density at radius 2 is 0.664 bits per heavy atom. The molecule has 10 N–H and O–H groups in total. The van der Waals surface area contributed by atoms with Gasteiger partial charge in [0.15, 0.2) is 24.8 Å². The van der Waals surface area contributed by atoms with Crippen LogP contribution in [0.3, 0.4) is 0 Å². The first kappa shape index (κ1) is 118. The van der Waals surface area contributed by atoms with Gasteiger partial charge in [-0.15, -0.1) is 0 Å². The van der Waals surface area contributed by atoms with Gasteiger partial charge in [0.25, 0.3) is 0 Å². The Labute approximate surface area is 754 Å². The van der Waals surface area contributed by atoms with E-state index in [0.29, 0.717) is 38.5 Å². The number of carbonyl (C=O) groups excluding carboxylic acids is 6. The molecule has 0 spiro atoms. The average molecular weight is 1820 g/mol. The molecule has 2 aliphatic heterocycles. The summed E-state index contributed by atoms with van der Waals surface area (Å²) < 4.78 is 80.2. The number of nitrogens with one attached hydrogen (secondary N) is 2. The number of ether oxygens (including phenoxy) is 7. The standard InChI is InChI=1S/C96H180N2O25P2/c1-7-13-19-25-31-37-38-39-40-46-52-58-63-69-85(104)116-79(67-61-55-49-43-34-28-22-16-10-4)73-84(103)98-90-94(121-88(107)74-80(68-62-56-50-44-35-29-23-17-11-5)117-86(105)70-64-57-51-45-36-30-24-18-12-6)92(122-124(109,110)111)81(75-99)118-95(90)115-76-82-91(108)93(120-87(106)72-78(101)66-60-54-48-42-33-27-21-15-9-3)89(96(119-82)123-125(112,113)114)97-83(102)71-77(100)65-59-53-47-41-32-26-20-14-8-2/h37-38,77-82,89-96,99-101,108H,7-36,39-76H2,1-6H3,(H,97,102)(H,98,103)(H2,109,110,111)(H2,112,113,114)/b38-37-/t77?,78?,79?,80?,81?,82?,89?,90?,91-,92-,93-,94-,95-,96?/m1/s1. The van der Waals surface area contributed by atoms with Crippen molar-refractivity contribution in [3.8, 4) is 0 Å². The molecule has 2 fully saturated rings. The van der Waals surface area contributed by atoms with E-state index in [9.17, 15) is 68.3 Å². The van der Waals surface area contributed by atoms with Crippen molar-refractivity contribution in [2.45, 2.75) is 551 Å². The largest absolute Gasteiger partial charge is 0.472 e. The molecule has 14 atom stereocenters. The summed E-state index contributed by atoms with van der Waals surface area (Å²) in [4.78, 5) is 129. The average Bonchev–Trinajstić information content (AvgIpc) is 0.778. The molecule has 0 radical (unpaired) electrons.